The summed E-state index contributed by atoms with van der Waals surface area (Å²) in [5.41, 5.74) is 7.83. The fourth-order valence-corrected chi connectivity index (χ4v) is 8.46. The second-order valence-corrected chi connectivity index (χ2v) is 14.5. The standard InChI is InChI=1S/C51H30N4O/c1-3-11-32(12-4-1)49-52-50(33-13-5-2-6-14-33)54-51(53-49)38-20-23-40-47(29-38)56-46-24-21-31-19-22-39(30-41(31)48(40)46)55-44-27-36-17-9-7-15-34(36)25-42(44)43-26-35-16-8-10-18-37(35)28-45(43)55/h1-30H. The summed E-state index contributed by atoms with van der Waals surface area (Å²) in [6.07, 6.45) is 0. The monoisotopic (exact) mass is 714 g/mol. The largest absolute Gasteiger partial charge is 0.456 e. The zero-order valence-electron chi connectivity index (χ0n) is 30.0. The Morgan fingerprint density at radius 3 is 1.45 bits per heavy atom. The molecule has 12 aromatic rings. The van der Waals surface area contributed by atoms with Gasteiger partial charge in [-0.15, -0.1) is 0 Å². The van der Waals surface area contributed by atoms with E-state index < -0.39 is 0 Å². The van der Waals surface area contributed by atoms with Gasteiger partial charge >= 0.3 is 0 Å². The van der Waals surface area contributed by atoms with Gasteiger partial charge in [0, 0.05) is 43.9 Å². The van der Waals surface area contributed by atoms with Crippen LogP contribution in [0.3, 0.4) is 0 Å². The van der Waals surface area contributed by atoms with Crippen molar-refractivity contribution < 1.29 is 4.42 Å². The van der Waals surface area contributed by atoms with Crippen LogP contribution in [-0.2, 0) is 0 Å². The van der Waals surface area contributed by atoms with Gasteiger partial charge in [-0.3, -0.25) is 0 Å². The van der Waals surface area contributed by atoms with Crippen LogP contribution < -0.4 is 0 Å². The van der Waals surface area contributed by atoms with Crippen molar-refractivity contribution >= 4 is 76.1 Å². The first-order chi connectivity index (χ1) is 27.7. The van der Waals surface area contributed by atoms with Gasteiger partial charge < -0.3 is 8.98 Å². The number of nitrogens with zero attached hydrogens (tertiary/aromatic N) is 4. The lowest BCUT2D eigenvalue weighted by atomic mass is 10.0. The number of rotatable bonds is 4. The Hall–Kier alpha value is -7.63. The van der Waals surface area contributed by atoms with E-state index in [-0.39, 0.29) is 0 Å². The van der Waals surface area contributed by atoms with E-state index >= 15 is 0 Å². The number of hydrogen-bond acceptors (Lipinski definition) is 4. The lowest BCUT2D eigenvalue weighted by molar-refractivity contribution is 0.669. The molecule has 0 bridgehead atoms. The lowest BCUT2D eigenvalue weighted by Gasteiger charge is -2.11. The normalized spacial score (nSPS) is 11.9. The van der Waals surface area contributed by atoms with Crippen molar-refractivity contribution in [2.75, 3.05) is 0 Å². The Kier molecular flexibility index (Phi) is 6.56. The maximum Gasteiger partial charge on any atom is 0.164 e. The molecule has 5 heteroatoms. The Labute approximate surface area is 320 Å². The summed E-state index contributed by atoms with van der Waals surface area (Å²) in [7, 11) is 0. The maximum atomic E-state index is 6.64. The summed E-state index contributed by atoms with van der Waals surface area (Å²) in [5.74, 6) is 1.85. The van der Waals surface area contributed by atoms with Gasteiger partial charge in [0.1, 0.15) is 11.2 Å². The van der Waals surface area contributed by atoms with E-state index in [9.17, 15) is 0 Å². The van der Waals surface area contributed by atoms with E-state index in [1.165, 1.54) is 43.4 Å². The molecule has 0 unspecified atom stereocenters. The molecule has 0 radical (unpaired) electrons. The first-order valence-electron chi connectivity index (χ1n) is 18.8. The Morgan fingerprint density at radius 1 is 0.339 bits per heavy atom. The molecule has 0 saturated carbocycles. The molecule has 0 aliphatic carbocycles. The number of hydrogen-bond donors (Lipinski definition) is 0. The SMILES string of the molecule is c1ccc(-c2nc(-c3ccccc3)nc(-c3ccc4c(c3)oc3ccc5ccc(-n6c7cc8ccccc8cc7c7cc8ccccc8cc76)cc5c34)n2)cc1. The summed E-state index contributed by atoms with van der Waals surface area (Å²) in [5, 5.41) is 11.8. The predicted molar refractivity (Wildman–Crippen MR) is 230 cm³/mol. The van der Waals surface area contributed by atoms with Crippen molar-refractivity contribution in [1.82, 2.24) is 19.5 Å². The topological polar surface area (TPSA) is 56.7 Å². The smallest absolute Gasteiger partial charge is 0.164 e. The van der Waals surface area contributed by atoms with Gasteiger partial charge in [0.15, 0.2) is 17.5 Å². The molecule has 0 amide bonds. The third-order valence-corrected chi connectivity index (χ3v) is 11.2. The van der Waals surface area contributed by atoms with Gasteiger partial charge in [0.2, 0.25) is 0 Å². The number of furan rings is 1. The zero-order valence-corrected chi connectivity index (χ0v) is 30.0. The molecule has 0 aliphatic rings. The maximum absolute atomic E-state index is 6.64. The van der Waals surface area contributed by atoms with Crippen molar-refractivity contribution in [3.8, 4) is 39.9 Å². The summed E-state index contributed by atoms with van der Waals surface area (Å²) >= 11 is 0. The molecule has 0 atom stereocenters. The molecule has 3 heterocycles. The van der Waals surface area contributed by atoms with Crippen molar-refractivity contribution in [3.63, 3.8) is 0 Å². The minimum Gasteiger partial charge on any atom is -0.456 e. The van der Waals surface area contributed by atoms with Crippen LogP contribution in [0.2, 0.25) is 0 Å². The molecule has 0 fully saturated rings. The lowest BCUT2D eigenvalue weighted by Crippen LogP contribution is -2.00. The van der Waals surface area contributed by atoms with Crippen LogP contribution in [0.1, 0.15) is 0 Å². The molecule has 0 N–H and O–H groups in total. The minimum atomic E-state index is 0.596. The van der Waals surface area contributed by atoms with Crippen molar-refractivity contribution in [2.45, 2.75) is 0 Å². The van der Waals surface area contributed by atoms with E-state index in [1.807, 2.05) is 60.7 Å². The summed E-state index contributed by atoms with van der Waals surface area (Å²) in [6, 6.07) is 64.1. The molecule has 56 heavy (non-hydrogen) atoms. The second-order valence-electron chi connectivity index (χ2n) is 14.5. The first kappa shape index (κ1) is 30.8. The Bertz CT molecular complexity index is 3380. The van der Waals surface area contributed by atoms with E-state index in [1.54, 1.807) is 0 Å². The van der Waals surface area contributed by atoms with Crippen molar-refractivity contribution in [1.29, 1.82) is 0 Å². The minimum absolute atomic E-state index is 0.596. The van der Waals surface area contributed by atoms with E-state index in [0.29, 0.717) is 17.5 Å². The summed E-state index contributed by atoms with van der Waals surface area (Å²) < 4.78 is 9.07. The van der Waals surface area contributed by atoms with Crippen LogP contribution in [0.25, 0.3) is 116 Å². The quantitative estimate of drug-likeness (QED) is 0.182. The molecule has 3 aromatic heterocycles. The van der Waals surface area contributed by atoms with Crippen LogP contribution in [0.5, 0.6) is 0 Å². The van der Waals surface area contributed by atoms with Crippen LogP contribution in [0.4, 0.5) is 0 Å². The Morgan fingerprint density at radius 2 is 0.857 bits per heavy atom. The average Bonchev–Trinajstić information content (AvgIpc) is 3.79. The molecule has 12 rings (SSSR count). The fourth-order valence-electron chi connectivity index (χ4n) is 8.46. The van der Waals surface area contributed by atoms with Crippen LogP contribution >= 0.6 is 0 Å². The highest BCUT2D eigenvalue weighted by molar-refractivity contribution is 6.20. The van der Waals surface area contributed by atoms with Gasteiger partial charge in [-0.1, -0.05) is 127 Å². The second kappa shape index (κ2) is 11.9. The highest BCUT2D eigenvalue weighted by Crippen LogP contribution is 2.41. The van der Waals surface area contributed by atoms with E-state index in [4.69, 9.17) is 19.4 Å². The third-order valence-electron chi connectivity index (χ3n) is 11.2. The number of aromatic nitrogens is 4. The summed E-state index contributed by atoms with van der Waals surface area (Å²) in [6.45, 7) is 0. The molecular weight excluding hydrogens is 685 g/mol. The molecule has 9 aromatic carbocycles. The number of benzene rings is 9. The first-order valence-corrected chi connectivity index (χ1v) is 18.8. The van der Waals surface area contributed by atoms with Gasteiger partial charge in [0.05, 0.1) is 11.0 Å². The molecule has 0 saturated heterocycles. The summed E-state index contributed by atoms with van der Waals surface area (Å²) in [4.78, 5) is 14.8. The average molecular weight is 715 g/mol. The van der Waals surface area contributed by atoms with Crippen molar-refractivity contribution in [3.05, 3.63) is 182 Å². The third kappa shape index (κ3) is 4.78. The highest BCUT2D eigenvalue weighted by Gasteiger charge is 2.18. The van der Waals surface area contributed by atoms with E-state index in [0.717, 1.165) is 55.1 Å². The molecule has 0 spiro atoms. The molecule has 0 aliphatic heterocycles. The predicted octanol–water partition coefficient (Wildman–Crippen LogP) is 13.3. The number of fused-ring (bicyclic) bond motifs is 10. The van der Waals surface area contributed by atoms with Gasteiger partial charge in [-0.25, -0.2) is 15.0 Å². The van der Waals surface area contributed by atoms with Gasteiger partial charge in [-0.2, -0.15) is 0 Å². The molecule has 260 valence electrons. The Balaban J connectivity index is 1.06. The van der Waals surface area contributed by atoms with Gasteiger partial charge in [0.25, 0.3) is 0 Å². The van der Waals surface area contributed by atoms with Gasteiger partial charge in [-0.05, 0) is 86.9 Å². The zero-order chi connectivity index (χ0) is 36.7. The fraction of sp³-hybridized carbons (Fsp3) is 0. The molecule has 5 nitrogen and oxygen atoms in total. The highest BCUT2D eigenvalue weighted by atomic mass is 16.3. The van der Waals surface area contributed by atoms with Crippen molar-refractivity contribution in [2.24, 2.45) is 0 Å². The van der Waals surface area contributed by atoms with Crippen LogP contribution in [-0.4, -0.2) is 19.5 Å². The van der Waals surface area contributed by atoms with Crippen LogP contribution in [0, 0.1) is 0 Å². The van der Waals surface area contributed by atoms with Crippen LogP contribution in [0.15, 0.2) is 186 Å². The van der Waals surface area contributed by atoms with E-state index in [2.05, 4.69) is 126 Å². The molecular formula is C51H30N4O.